The van der Waals surface area contributed by atoms with Crippen LogP contribution in [0.5, 0.6) is 0 Å². The Morgan fingerprint density at radius 2 is 1.42 bits per heavy atom. The third-order valence-corrected chi connectivity index (χ3v) is 11.0. The quantitative estimate of drug-likeness (QED) is 0.0326. The molecule has 1 N–H and O–H groups in total. The van der Waals surface area contributed by atoms with Gasteiger partial charge in [0.05, 0.1) is 63.9 Å². The Morgan fingerprint density at radius 3 is 2.05 bits per heavy atom. The maximum atomic E-state index is 14.2. The summed E-state index contributed by atoms with van der Waals surface area (Å²) in [6, 6.07) is 23.2. The van der Waals surface area contributed by atoms with E-state index in [1.807, 2.05) is 18.2 Å². The van der Waals surface area contributed by atoms with Crippen molar-refractivity contribution in [1.82, 2.24) is 9.88 Å². The van der Waals surface area contributed by atoms with Crippen molar-refractivity contribution < 1.29 is 41.5 Å². The van der Waals surface area contributed by atoms with E-state index >= 15 is 0 Å². The van der Waals surface area contributed by atoms with Gasteiger partial charge in [0.15, 0.2) is 6.23 Å². The third-order valence-electron chi connectivity index (χ3n) is 11.0. The van der Waals surface area contributed by atoms with Gasteiger partial charge in [-0.05, 0) is 95.0 Å². The number of benzene rings is 3. The summed E-state index contributed by atoms with van der Waals surface area (Å²) in [4.78, 5) is 33.6. The van der Waals surface area contributed by atoms with Crippen LogP contribution in [0, 0.1) is 0 Å². The lowest BCUT2D eigenvalue weighted by atomic mass is 10.0. The summed E-state index contributed by atoms with van der Waals surface area (Å²) in [6.45, 7) is 19.3. The minimum atomic E-state index is -4.92. The smallest absolute Gasteiger partial charge is 0.379 e. The van der Waals surface area contributed by atoms with Gasteiger partial charge in [-0.25, -0.2) is 4.90 Å². The first-order valence-corrected chi connectivity index (χ1v) is 20.7. The second-order valence-electron chi connectivity index (χ2n) is 14.3. The van der Waals surface area contributed by atoms with Crippen molar-refractivity contribution in [3.05, 3.63) is 113 Å². The van der Waals surface area contributed by atoms with Crippen LogP contribution < -0.4 is 10.2 Å². The van der Waals surface area contributed by atoms with Crippen LogP contribution in [0.4, 0.5) is 24.5 Å². The molecular formula is C46H61F3N5O5+. The standard InChI is InChI=1S/C46H60F3N5O5/c1-7-52(8-2)40-26-23-37(19-16-28-57-29-30-58-31-32-59-35(6)54(9-3,10-4)11-5)42(33-40)44(55)51-39-24-21-38(22-25-39)43-41(20-15-27-50-43)45(56)53(46(47,48)49)34-36-17-13-12-14-18-36/h12-15,17-18,20-27,33,35H,7-11,16,19,28-32,34H2,1-6H3/p+1. The van der Waals surface area contributed by atoms with Gasteiger partial charge in [0, 0.05) is 55.3 Å². The zero-order valence-electron chi connectivity index (χ0n) is 35.4. The van der Waals surface area contributed by atoms with Crippen LogP contribution >= 0.6 is 0 Å². The number of pyridine rings is 1. The molecule has 2 amide bonds. The Balaban J connectivity index is 1.37. The molecule has 0 saturated heterocycles. The van der Waals surface area contributed by atoms with E-state index in [0.717, 1.165) is 48.5 Å². The number of aryl methyl sites for hydroxylation is 1. The van der Waals surface area contributed by atoms with Gasteiger partial charge in [-0.3, -0.25) is 19.1 Å². The lowest BCUT2D eigenvalue weighted by Gasteiger charge is -2.40. The molecular weight excluding hydrogens is 760 g/mol. The number of aromatic nitrogens is 1. The predicted octanol–water partition coefficient (Wildman–Crippen LogP) is 9.21. The molecule has 0 radical (unpaired) electrons. The topological polar surface area (TPSA) is 93.2 Å². The zero-order valence-corrected chi connectivity index (χ0v) is 35.4. The number of rotatable bonds is 24. The van der Waals surface area contributed by atoms with Crippen molar-refractivity contribution in [2.45, 2.75) is 73.5 Å². The van der Waals surface area contributed by atoms with Gasteiger partial charge in [0.25, 0.3) is 11.8 Å². The fourth-order valence-corrected chi connectivity index (χ4v) is 7.25. The van der Waals surface area contributed by atoms with Gasteiger partial charge in [0.1, 0.15) is 0 Å². The number of alkyl halides is 3. The number of hydrogen-bond acceptors (Lipinski definition) is 7. The van der Waals surface area contributed by atoms with Crippen LogP contribution in [0.15, 0.2) is 91.1 Å². The number of ether oxygens (including phenoxy) is 3. The van der Waals surface area contributed by atoms with E-state index in [1.165, 1.54) is 30.5 Å². The number of anilines is 2. The highest BCUT2D eigenvalue weighted by Gasteiger charge is 2.42. The van der Waals surface area contributed by atoms with Crippen molar-refractivity contribution in [2.75, 3.05) is 76.0 Å². The van der Waals surface area contributed by atoms with Crippen LogP contribution in [0.2, 0.25) is 0 Å². The lowest BCUT2D eigenvalue weighted by Crippen LogP contribution is -2.55. The highest BCUT2D eigenvalue weighted by Crippen LogP contribution is 2.30. The normalized spacial score (nSPS) is 12.3. The van der Waals surface area contributed by atoms with Crippen LogP contribution in [0.1, 0.15) is 79.8 Å². The number of carbonyl (C=O) groups excluding carboxylic acids is 2. The number of amides is 2. The van der Waals surface area contributed by atoms with Crippen molar-refractivity contribution >= 4 is 23.2 Å². The first-order chi connectivity index (χ1) is 28.4. The molecule has 0 aliphatic rings. The van der Waals surface area contributed by atoms with Crippen molar-refractivity contribution in [3.63, 3.8) is 0 Å². The monoisotopic (exact) mass is 820 g/mol. The minimum Gasteiger partial charge on any atom is -0.379 e. The Bertz CT molecular complexity index is 1880. The van der Waals surface area contributed by atoms with Crippen LogP contribution in [-0.4, -0.2) is 104 Å². The van der Waals surface area contributed by atoms with Crippen LogP contribution in [0.3, 0.4) is 0 Å². The summed E-state index contributed by atoms with van der Waals surface area (Å²) in [5.74, 6) is -1.51. The van der Waals surface area contributed by atoms with E-state index in [2.05, 4.69) is 56.7 Å². The summed E-state index contributed by atoms with van der Waals surface area (Å²) in [5.41, 5.74) is 3.50. The molecule has 0 spiro atoms. The van der Waals surface area contributed by atoms with Crippen molar-refractivity contribution in [2.24, 2.45) is 0 Å². The molecule has 1 heterocycles. The van der Waals surface area contributed by atoms with E-state index < -0.39 is 18.8 Å². The summed E-state index contributed by atoms with van der Waals surface area (Å²) < 4.78 is 61.2. The Labute approximate surface area is 347 Å². The first-order valence-electron chi connectivity index (χ1n) is 20.7. The molecule has 13 heteroatoms. The average Bonchev–Trinajstić information content (AvgIpc) is 3.25. The average molecular weight is 821 g/mol. The zero-order chi connectivity index (χ0) is 42.8. The van der Waals surface area contributed by atoms with Gasteiger partial charge >= 0.3 is 6.30 Å². The maximum absolute atomic E-state index is 14.2. The number of quaternary nitrogens is 1. The summed E-state index contributed by atoms with van der Waals surface area (Å²) in [7, 11) is 0. The molecule has 0 fully saturated rings. The van der Waals surface area contributed by atoms with E-state index in [9.17, 15) is 22.8 Å². The summed E-state index contributed by atoms with van der Waals surface area (Å²) in [6.07, 6.45) is -2.06. The van der Waals surface area contributed by atoms with Crippen LogP contribution in [-0.2, 0) is 27.2 Å². The van der Waals surface area contributed by atoms with Crippen molar-refractivity contribution in [3.8, 4) is 11.3 Å². The molecule has 4 aromatic rings. The highest BCUT2D eigenvalue weighted by atomic mass is 19.4. The molecule has 10 nitrogen and oxygen atoms in total. The van der Waals surface area contributed by atoms with Gasteiger partial charge in [-0.15, -0.1) is 13.2 Å². The van der Waals surface area contributed by atoms with E-state index in [1.54, 1.807) is 42.5 Å². The molecule has 0 bridgehead atoms. The number of nitrogens with zero attached hydrogens (tertiary/aromatic N) is 4. The number of halogens is 3. The first kappa shape index (κ1) is 46.9. The molecule has 320 valence electrons. The second-order valence-corrected chi connectivity index (χ2v) is 14.3. The number of hydrogen-bond donors (Lipinski definition) is 1. The van der Waals surface area contributed by atoms with E-state index in [-0.39, 0.29) is 28.3 Å². The van der Waals surface area contributed by atoms with Gasteiger partial charge in [-0.2, -0.15) is 0 Å². The molecule has 59 heavy (non-hydrogen) atoms. The molecule has 0 saturated carbocycles. The third kappa shape index (κ3) is 13.1. The van der Waals surface area contributed by atoms with Crippen LogP contribution in [0.25, 0.3) is 11.3 Å². The van der Waals surface area contributed by atoms with Gasteiger partial charge in [0.2, 0.25) is 0 Å². The fourth-order valence-electron chi connectivity index (χ4n) is 7.25. The van der Waals surface area contributed by atoms with E-state index in [0.29, 0.717) is 68.3 Å². The largest absolute Gasteiger partial charge is 0.487 e. The Hall–Kier alpha value is -4.82. The summed E-state index contributed by atoms with van der Waals surface area (Å²) in [5, 5.41) is 2.98. The number of nitrogens with one attached hydrogen (secondary N) is 1. The van der Waals surface area contributed by atoms with E-state index in [4.69, 9.17) is 14.2 Å². The maximum Gasteiger partial charge on any atom is 0.487 e. The molecule has 1 atom stereocenters. The number of carbonyl (C=O) groups is 2. The highest BCUT2D eigenvalue weighted by molar-refractivity contribution is 6.06. The SMILES string of the molecule is CCN(CC)c1ccc(CCCOCCOCCOC(C)[N+](CC)(CC)CC)c(C(=O)Nc2ccc(-c3ncccc3C(=O)N(Cc3ccccc3)C(F)(F)F)cc2)c1. The molecule has 4 rings (SSSR count). The summed E-state index contributed by atoms with van der Waals surface area (Å²) >= 11 is 0. The Morgan fingerprint density at radius 1 is 0.780 bits per heavy atom. The van der Waals surface area contributed by atoms with Gasteiger partial charge < -0.3 is 24.4 Å². The molecule has 0 aliphatic carbocycles. The molecule has 3 aromatic carbocycles. The minimum absolute atomic E-state index is 0.0983. The fraction of sp³-hybridized carbons (Fsp3) is 0.457. The molecule has 1 aromatic heterocycles. The van der Waals surface area contributed by atoms with Crippen molar-refractivity contribution in [1.29, 1.82) is 0 Å². The second kappa shape index (κ2) is 23.1. The molecule has 1 unspecified atom stereocenters. The predicted molar refractivity (Wildman–Crippen MR) is 227 cm³/mol. The van der Waals surface area contributed by atoms with Gasteiger partial charge in [-0.1, -0.05) is 48.5 Å². The Kier molecular flexibility index (Phi) is 18.3. The molecule has 0 aliphatic heterocycles. The lowest BCUT2D eigenvalue weighted by molar-refractivity contribution is -0.965.